The zero-order valence-electron chi connectivity index (χ0n) is 8.55. The van der Waals surface area contributed by atoms with E-state index in [1.165, 1.54) is 0 Å². The van der Waals surface area contributed by atoms with E-state index < -0.39 is 0 Å². The minimum Gasteiger partial charge on any atom is -0.495 e. The minimum atomic E-state index is -0.0694. The summed E-state index contributed by atoms with van der Waals surface area (Å²) in [6.07, 6.45) is 0. The average molecular weight is 191 g/mol. The molecule has 1 N–H and O–H groups in total. The van der Waals surface area contributed by atoms with Gasteiger partial charge >= 0.3 is 0 Å². The molecule has 1 aromatic carbocycles. The lowest BCUT2D eigenvalue weighted by atomic mass is 9.97. The summed E-state index contributed by atoms with van der Waals surface area (Å²) in [5.74, 6) is 0.719. The highest BCUT2D eigenvalue weighted by Gasteiger charge is 2.30. The van der Waals surface area contributed by atoms with E-state index in [1.54, 1.807) is 7.11 Å². The minimum absolute atomic E-state index is 0.0487. The summed E-state index contributed by atoms with van der Waals surface area (Å²) in [4.78, 5) is 11.5. The van der Waals surface area contributed by atoms with Crippen LogP contribution in [0.1, 0.15) is 24.0 Å². The molecule has 2 rings (SSSR count). The molecule has 0 saturated heterocycles. The predicted octanol–water partition coefficient (Wildman–Crippen LogP) is 2.06. The fraction of sp³-hybridized carbons (Fsp3) is 0.364. The molecule has 1 aliphatic heterocycles. The monoisotopic (exact) mass is 191 g/mol. The van der Waals surface area contributed by atoms with Crippen LogP contribution >= 0.6 is 0 Å². The molecule has 0 aliphatic carbocycles. The second-order valence-corrected chi connectivity index (χ2v) is 3.58. The molecule has 0 fully saturated rings. The van der Waals surface area contributed by atoms with Crippen molar-refractivity contribution in [3.8, 4) is 5.75 Å². The number of hydrogen-bond acceptors (Lipinski definition) is 2. The Bertz CT molecular complexity index is 399. The predicted molar refractivity (Wildman–Crippen MR) is 54.8 cm³/mol. The van der Waals surface area contributed by atoms with Gasteiger partial charge in [0.2, 0.25) is 5.91 Å². The quantitative estimate of drug-likeness (QED) is 0.737. The number of hydrogen-bond donors (Lipinski definition) is 1. The molecule has 1 heterocycles. The van der Waals surface area contributed by atoms with E-state index in [4.69, 9.17) is 4.74 Å². The van der Waals surface area contributed by atoms with E-state index in [0.29, 0.717) is 0 Å². The average Bonchev–Trinajstić information content (AvgIpc) is 2.45. The molecule has 14 heavy (non-hydrogen) atoms. The third-order valence-electron chi connectivity index (χ3n) is 2.72. The van der Waals surface area contributed by atoms with Crippen LogP contribution in [0.2, 0.25) is 0 Å². The molecule has 3 heteroatoms. The molecule has 3 nitrogen and oxygen atoms in total. The van der Waals surface area contributed by atoms with Crippen molar-refractivity contribution < 1.29 is 9.53 Å². The molecule has 1 aliphatic rings. The fourth-order valence-corrected chi connectivity index (χ4v) is 1.92. The highest BCUT2D eigenvalue weighted by molar-refractivity contribution is 6.04. The molecule has 1 atom stereocenters. The summed E-state index contributed by atoms with van der Waals surface area (Å²) in [6.45, 7) is 3.92. The van der Waals surface area contributed by atoms with Gasteiger partial charge in [-0.1, -0.05) is 6.07 Å². The molecular weight excluding hydrogens is 178 g/mol. The number of carbonyl (C=O) groups is 1. The van der Waals surface area contributed by atoms with Gasteiger partial charge < -0.3 is 10.1 Å². The van der Waals surface area contributed by atoms with Gasteiger partial charge in [0.25, 0.3) is 0 Å². The SMILES string of the molecule is COc1ccc(C)c2c1NC(=O)C2C. The second-order valence-electron chi connectivity index (χ2n) is 3.58. The highest BCUT2D eigenvalue weighted by atomic mass is 16.5. The Morgan fingerprint density at radius 3 is 2.79 bits per heavy atom. The number of amides is 1. The number of carbonyl (C=O) groups excluding carboxylic acids is 1. The van der Waals surface area contributed by atoms with Crippen LogP contribution in [0.5, 0.6) is 5.75 Å². The van der Waals surface area contributed by atoms with Gasteiger partial charge in [-0.3, -0.25) is 4.79 Å². The number of ether oxygens (including phenoxy) is 1. The third kappa shape index (κ3) is 1.09. The first kappa shape index (κ1) is 9.06. The molecule has 0 spiro atoms. The van der Waals surface area contributed by atoms with Crippen LogP contribution < -0.4 is 10.1 Å². The van der Waals surface area contributed by atoms with Crippen molar-refractivity contribution in [1.82, 2.24) is 0 Å². The van der Waals surface area contributed by atoms with E-state index in [9.17, 15) is 4.79 Å². The molecule has 1 amide bonds. The normalized spacial score (nSPS) is 19.1. The summed E-state index contributed by atoms with van der Waals surface area (Å²) in [5, 5.41) is 2.84. The van der Waals surface area contributed by atoms with Crippen molar-refractivity contribution in [2.75, 3.05) is 12.4 Å². The van der Waals surface area contributed by atoms with Crippen LogP contribution in [0, 0.1) is 6.92 Å². The molecule has 0 aromatic heterocycles. The van der Waals surface area contributed by atoms with Crippen LogP contribution in [0.25, 0.3) is 0 Å². The van der Waals surface area contributed by atoms with Crippen LogP contribution in [0.3, 0.4) is 0 Å². The van der Waals surface area contributed by atoms with E-state index in [1.807, 2.05) is 26.0 Å². The smallest absolute Gasteiger partial charge is 0.231 e. The maximum absolute atomic E-state index is 11.5. The summed E-state index contributed by atoms with van der Waals surface area (Å²) < 4.78 is 5.19. The van der Waals surface area contributed by atoms with Crippen molar-refractivity contribution in [3.05, 3.63) is 23.3 Å². The molecule has 74 valence electrons. The van der Waals surface area contributed by atoms with Crippen molar-refractivity contribution in [3.63, 3.8) is 0 Å². The molecule has 1 unspecified atom stereocenters. The van der Waals surface area contributed by atoms with Crippen molar-refractivity contribution in [1.29, 1.82) is 0 Å². The Kier molecular flexibility index (Phi) is 1.95. The number of anilines is 1. The third-order valence-corrected chi connectivity index (χ3v) is 2.72. The summed E-state index contributed by atoms with van der Waals surface area (Å²) in [7, 11) is 1.61. The Hall–Kier alpha value is -1.51. The largest absolute Gasteiger partial charge is 0.495 e. The highest BCUT2D eigenvalue weighted by Crippen LogP contribution is 2.40. The van der Waals surface area contributed by atoms with Gasteiger partial charge in [0.05, 0.1) is 18.7 Å². The molecule has 0 bridgehead atoms. The van der Waals surface area contributed by atoms with Gasteiger partial charge in [0.1, 0.15) is 5.75 Å². The van der Waals surface area contributed by atoms with E-state index >= 15 is 0 Å². The number of aryl methyl sites for hydroxylation is 1. The lowest BCUT2D eigenvalue weighted by Crippen LogP contribution is -2.08. The first-order valence-corrected chi connectivity index (χ1v) is 4.63. The van der Waals surface area contributed by atoms with E-state index in [-0.39, 0.29) is 11.8 Å². The number of rotatable bonds is 1. The summed E-state index contributed by atoms with van der Waals surface area (Å²) in [5.41, 5.74) is 3.03. The summed E-state index contributed by atoms with van der Waals surface area (Å²) in [6, 6.07) is 3.86. The standard InChI is InChI=1S/C11H13NO2/c1-6-4-5-8(14-3)10-9(6)7(2)11(13)12-10/h4-5,7H,1-3H3,(H,12,13). The Morgan fingerprint density at radius 1 is 1.43 bits per heavy atom. The van der Waals surface area contributed by atoms with Crippen LogP contribution in [0.4, 0.5) is 5.69 Å². The Balaban J connectivity index is 2.64. The van der Waals surface area contributed by atoms with Crippen molar-refractivity contribution in [2.45, 2.75) is 19.8 Å². The number of benzene rings is 1. The molecule has 0 radical (unpaired) electrons. The van der Waals surface area contributed by atoms with Crippen LogP contribution in [-0.2, 0) is 4.79 Å². The van der Waals surface area contributed by atoms with Gasteiger partial charge in [0, 0.05) is 0 Å². The van der Waals surface area contributed by atoms with Crippen molar-refractivity contribution in [2.24, 2.45) is 0 Å². The van der Waals surface area contributed by atoms with Gasteiger partial charge in [0.15, 0.2) is 0 Å². The molecular formula is C11H13NO2. The number of fused-ring (bicyclic) bond motifs is 1. The zero-order chi connectivity index (χ0) is 10.3. The maximum atomic E-state index is 11.5. The van der Waals surface area contributed by atoms with Crippen LogP contribution in [0.15, 0.2) is 12.1 Å². The van der Waals surface area contributed by atoms with E-state index in [0.717, 1.165) is 22.6 Å². The lowest BCUT2D eigenvalue weighted by molar-refractivity contribution is -0.116. The molecule has 0 saturated carbocycles. The lowest BCUT2D eigenvalue weighted by Gasteiger charge is -2.09. The van der Waals surface area contributed by atoms with Gasteiger partial charge in [-0.25, -0.2) is 0 Å². The zero-order valence-corrected chi connectivity index (χ0v) is 8.55. The maximum Gasteiger partial charge on any atom is 0.231 e. The number of nitrogens with one attached hydrogen (secondary N) is 1. The van der Waals surface area contributed by atoms with Gasteiger partial charge in [-0.2, -0.15) is 0 Å². The molecule has 1 aromatic rings. The van der Waals surface area contributed by atoms with Gasteiger partial charge in [-0.15, -0.1) is 0 Å². The first-order valence-electron chi connectivity index (χ1n) is 4.63. The first-order chi connectivity index (χ1) is 6.65. The Labute approximate surface area is 83.1 Å². The second kappa shape index (κ2) is 3.01. The van der Waals surface area contributed by atoms with E-state index in [2.05, 4.69) is 5.32 Å². The fourth-order valence-electron chi connectivity index (χ4n) is 1.92. The Morgan fingerprint density at radius 2 is 2.14 bits per heavy atom. The van der Waals surface area contributed by atoms with Crippen LogP contribution in [-0.4, -0.2) is 13.0 Å². The van der Waals surface area contributed by atoms with Gasteiger partial charge in [-0.05, 0) is 31.0 Å². The summed E-state index contributed by atoms with van der Waals surface area (Å²) >= 11 is 0. The number of methoxy groups -OCH3 is 1. The topological polar surface area (TPSA) is 38.3 Å². The van der Waals surface area contributed by atoms with Crippen molar-refractivity contribution >= 4 is 11.6 Å².